The summed E-state index contributed by atoms with van der Waals surface area (Å²) in [5, 5.41) is 0. The lowest BCUT2D eigenvalue weighted by Crippen LogP contribution is -2.01. The van der Waals surface area contributed by atoms with Crippen molar-refractivity contribution in [3.63, 3.8) is 0 Å². The van der Waals surface area contributed by atoms with Gasteiger partial charge in [-0.05, 0) is 56.7 Å². The van der Waals surface area contributed by atoms with E-state index in [0.717, 1.165) is 12.0 Å². The summed E-state index contributed by atoms with van der Waals surface area (Å²) in [4.78, 5) is 0.208. The van der Waals surface area contributed by atoms with E-state index < -0.39 is 0 Å². The second-order valence-electron chi connectivity index (χ2n) is 7.67. The number of fused-ring (bicyclic) bond motifs is 3. The standard InChI is InChI=1S/C27H20BBr/c28-26(18-7-3-1-4-8-18)20-11-13-24-22(15-20)17-23-16-21(12-14-25(23)24)27(29)19-9-5-2-6-10-19/h1-16,26-27H,17H2. The third-order valence-corrected chi connectivity index (χ3v) is 6.89. The maximum absolute atomic E-state index is 6.54. The van der Waals surface area contributed by atoms with Gasteiger partial charge in [-0.1, -0.05) is 113 Å². The van der Waals surface area contributed by atoms with E-state index in [1.54, 1.807) is 0 Å². The van der Waals surface area contributed by atoms with E-state index in [0.29, 0.717) is 0 Å². The lowest BCUT2D eigenvalue weighted by atomic mass is 9.75. The van der Waals surface area contributed by atoms with Crippen molar-refractivity contribution in [2.24, 2.45) is 0 Å². The third kappa shape index (κ3) is 3.47. The summed E-state index contributed by atoms with van der Waals surface area (Å²) < 4.78 is 0. The summed E-state index contributed by atoms with van der Waals surface area (Å²) in [6, 6.07) is 34.4. The Hall–Kier alpha value is -2.58. The molecule has 0 amide bonds. The molecule has 1 aliphatic carbocycles. The zero-order chi connectivity index (χ0) is 19.8. The maximum atomic E-state index is 6.54. The molecule has 2 radical (unpaired) electrons. The normalized spacial score (nSPS) is 14.1. The lowest BCUT2D eigenvalue weighted by Gasteiger charge is -2.14. The van der Waals surface area contributed by atoms with E-state index in [1.807, 2.05) is 18.2 Å². The monoisotopic (exact) mass is 434 g/mol. The van der Waals surface area contributed by atoms with Gasteiger partial charge in [-0.25, -0.2) is 0 Å². The zero-order valence-corrected chi connectivity index (χ0v) is 17.6. The van der Waals surface area contributed by atoms with Gasteiger partial charge in [-0.15, -0.1) is 0 Å². The number of alkyl halides is 1. The van der Waals surface area contributed by atoms with Crippen LogP contribution in [0.25, 0.3) is 11.1 Å². The summed E-state index contributed by atoms with van der Waals surface area (Å²) in [7, 11) is 6.54. The Labute approximate surface area is 182 Å². The Morgan fingerprint density at radius 3 is 1.72 bits per heavy atom. The van der Waals surface area contributed by atoms with E-state index in [-0.39, 0.29) is 10.6 Å². The molecule has 4 aromatic rings. The van der Waals surface area contributed by atoms with E-state index in [4.69, 9.17) is 7.85 Å². The number of rotatable bonds is 4. The molecule has 0 bridgehead atoms. The minimum absolute atomic E-state index is 0.0919. The average molecular weight is 435 g/mol. The summed E-state index contributed by atoms with van der Waals surface area (Å²) in [6.07, 6.45) is 0.961. The van der Waals surface area contributed by atoms with Crippen molar-refractivity contribution in [1.29, 1.82) is 0 Å². The molecule has 0 aromatic heterocycles. The van der Waals surface area contributed by atoms with Crippen molar-refractivity contribution >= 4 is 23.8 Å². The van der Waals surface area contributed by atoms with Gasteiger partial charge < -0.3 is 0 Å². The molecule has 4 aromatic carbocycles. The molecule has 1 aliphatic rings. The van der Waals surface area contributed by atoms with Crippen molar-refractivity contribution in [3.05, 3.63) is 130 Å². The molecule has 0 N–H and O–H groups in total. The molecule has 29 heavy (non-hydrogen) atoms. The van der Waals surface area contributed by atoms with Crippen LogP contribution in [0.4, 0.5) is 0 Å². The number of halogens is 1. The molecule has 0 heterocycles. The van der Waals surface area contributed by atoms with Crippen LogP contribution in [0.3, 0.4) is 0 Å². The van der Waals surface area contributed by atoms with Crippen LogP contribution in [0.1, 0.15) is 44.0 Å². The average Bonchev–Trinajstić information content (AvgIpc) is 3.16. The van der Waals surface area contributed by atoms with Crippen molar-refractivity contribution in [2.45, 2.75) is 17.1 Å². The first kappa shape index (κ1) is 18.5. The van der Waals surface area contributed by atoms with Crippen LogP contribution >= 0.6 is 15.9 Å². The van der Waals surface area contributed by atoms with Crippen LogP contribution in [0.15, 0.2) is 97.1 Å². The number of benzene rings is 4. The fourth-order valence-corrected chi connectivity index (χ4v) is 4.86. The first-order chi connectivity index (χ1) is 14.2. The molecule has 2 unspecified atom stereocenters. The van der Waals surface area contributed by atoms with Gasteiger partial charge in [0.1, 0.15) is 0 Å². The fraction of sp³-hybridized carbons (Fsp3) is 0.111. The fourth-order valence-electron chi connectivity index (χ4n) is 4.27. The Kier molecular flexibility index (Phi) is 4.89. The summed E-state index contributed by atoms with van der Waals surface area (Å²) in [5.74, 6) is -0.0919. The molecular weight excluding hydrogens is 415 g/mol. The van der Waals surface area contributed by atoms with Crippen LogP contribution in [0.5, 0.6) is 0 Å². The van der Waals surface area contributed by atoms with Crippen molar-refractivity contribution in [2.75, 3.05) is 0 Å². The largest absolute Gasteiger partial charge is 0.0828 e. The molecule has 0 saturated carbocycles. The topological polar surface area (TPSA) is 0 Å². The lowest BCUT2D eigenvalue weighted by molar-refractivity contribution is 1.12. The smallest absolute Gasteiger partial charge is 0.0786 e. The summed E-state index contributed by atoms with van der Waals surface area (Å²) >= 11 is 3.88. The number of hydrogen-bond donors (Lipinski definition) is 0. The van der Waals surface area contributed by atoms with Crippen molar-refractivity contribution < 1.29 is 0 Å². The van der Waals surface area contributed by atoms with E-state index in [9.17, 15) is 0 Å². The Morgan fingerprint density at radius 2 is 1.10 bits per heavy atom. The van der Waals surface area contributed by atoms with Crippen molar-refractivity contribution in [1.82, 2.24) is 0 Å². The van der Waals surface area contributed by atoms with Gasteiger partial charge in [0.05, 0.1) is 12.7 Å². The predicted octanol–water partition coefficient (Wildman–Crippen LogP) is 7.00. The molecule has 0 spiro atoms. The molecule has 5 rings (SSSR count). The minimum Gasteiger partial charge on any atom is -0.0786 e. The molecule has 138 valence electrons. The van der Waals surface area contributed by atoms with E-state index in [2.05, 4.69) is 94.8 Å². The predicted molar refractivity (Wildman–Crippen MR) is 126 cm³/mol. The van der Waals surface area contributed by atoms with Gasteiger partial charge in [0.2, 0.25) is 0 Å². The Balaban J connectivity index is 1.45. The van der Waals surface area contributed by atoms with Gasteiger partial charge in [-0.2, -0.15) is 0 Å². The van der Waals surface area contributed by atoms with Gasteiger partial charge >= 0.3 is 0 Å². The quantitative estimate of drug-likeness (QED) is 0.211. The summed E-state index contributed by atoms with van der Waals surface area (Å²) in [6.45, 7) is 0. The zero-order valence-electron chi connectivity index (χ0n) is 16.1. The highest BCUT2D eigenvalue weighted by atomic mass is 79.9. The molecule has 0 aliphatic heterocycles. The second kappa shape index (κ2) is 7.69. The van der Waals surface area contributed by atoms with Gasteiger partial charge in [0.15, 0.2) is 0 Å². The van der Waals surface area contributed by atoms with Crippen molar-refractivity contribution in [3.8, 4) is 11.1 Å². The van der Waals surface area contributed by atoms with Crippen LogP contribution in [-0.4, -0.2) is 7.85 Å². The molecule has 0 saturated heterocycles. The summed E-state index contributed by atoms with van der Waals surface area (Å²) in [5.41, 5.74) is 10.3. The third-order valence-electron chi connectivity index (χ3n) is 5.83. The van der Waals surface area contributed by atoms with Crippen LogP contribution in [0.2, 0.25) is 0 Å². The van der Waals surface area contributed by atoms with E-state index >= 15 is 0 Å². The highest BCUT2D eigenvalue weighted by molar-refractivity contribution is 9.09. The Morgan fingerprint density at radius 1 is 0.586 bits per heavy atom. The van der Waals surface area contributed by atoms with Gasteiger partial charge in [0.25, 0.3) is 0 Å². The van der Waals surface area contributed by atoms with E-state index in [1.165, 1.54) is 38.9 Å². The molecule has 0 nitrogen and oxygen atoms in total. The SMILES string of the molecule is [B]C(c1ccccc1)c1ccc2c(c1)Cc1cc(C(Br)c3ccccc3)ccc1-2. The minimum atomic E-state index is -0.0919. The number of hydrogen-bond acceptors (Lipinski definition) is 0. The van der Waals surface area contributed by atoms with Crippen LogP contribution in [-0.2, 0) is 6.42 Å². The molecule has 2 atom stereocenters. The first-order valence-corrected chi connectivity index (χ1v) is 10.9. The highest BCUT2D eigenvalue weighted by Crippen LogP contribution is 2.41. The van der Waals surface area contributed by atoms with Crippen LogP contribution < -0.4 is 0 Å². The van der Waals surface area contributed by atoms with Gasteiger partial charge in [0, 0.05) is 0 Å². The maximum Gasteiger partial charge on any atom is 0.0828 e. The molecule has 2 heteroatoms. The molecular formula is C27H20BBr. The van der Waals surface area contributed by atoms with Crippen LogP contribution in [0, 0.1) is 0 Å². The first-order valence-electron chi connectivity index (χ1n) is 9.96. The highest BCUT2D eigenvalue weighted by Gasteiger charge is 2.21. The van der Waals surface area contributed by atoms with Gasteiger partial charge in [-0.3, -0.25) is 0 Å². The molecule has 0 fully saturated rings. The Bertz CT molecular complexity index is 1060. The second-order valence-corrected chi connectivity index (χ2v) is 8.59.